The Morgan fingerprint density at radius 1 is 1.12 bits per heavy atom. The first-order valence-electron chi connectivity index (χ1n) is 14.3. The number of aromatic hydroxyl groups is 1. The van der Waals surface area contributed by atoms with Crippen molar-refractivity contribution in [3.05, 3.63) is 39.9 Å². The van der Waals surface area contributed by atoms with Gasteiger partial charge in [0, 0.05) is 31.3 Å². The Morgan fingerprint density at radius 2 is 1.79 bits per heavy atom. The molecule has 1 aromatic rings. The maximum atomic E-state index is 14.2. The largest absolute Gasteiger partial charge is 0.510 e. The molecular weight excluding hydrogens is 558 g/mol. The van der Waals surface area contributed by atoms with E-state index in [2.05, 4.69) is 5.32 Å². The van der Waals surface area contributed by atoms with Crippen molar-refractivity contribution in [2.75, 3.05) is 52.0 Å². The highest BCUT2D eigenvalue weighted by molar-refractivity contribution is 6.25. The summed E-state index contributed by atoms with van der Waals surface area (Å²) in [5.41, 5.74) is 2.48. The van der Waals surface area contributed by atoms with Crippen molar-refractivity contribution < 1.29 is 39.6 Å². The predicted octanol–water partition coefficient (Wildman–Crippen LogP) is 0.609. The maximum absolute atomic E-state index is 14.2. The third-order valence-corrected chi connectivity index (χ3v) is 9.51. The van der Waals surface area contributed by atoms with Gasteiger partial charge in [-0.2, -0.15) is 0 Å². The standard InChI is InChI=1S/C30H39N5O8/c1-33(2)18-12-16(32-29(42)17-8-6-7-9-35(17)5)23(36)20-14(18)10-13-11-15-22(34(3)4)25(38)21(28(31)41)27(40)30(15,43)26(39)19(13)24(20)37/h12-13,15,17,22,36,38-39,43H,6-11H2,1-5H3,(H2,31,41)(H,32,42)/t13-,15-,17?,22-,30-/m0/s1. The lowest BCUT2D eigenvalue weighted by molar-refractivity contribution is -0.148. The van der Waals surface area contributed by atoms with Crippen LogP contribution < -0.4 is 16.0 Å². The minimum absolute atomic E-state index is 0.00804. The summed E-state index contributed by atoms with van der Waals surface area (Å²) in [5, 5.41) is 48.5. The third-order valence-electron chi connectivity index (χ3n) is 9.51. The van der Waals surface area contributed by atoms with Crippen LogP contribution in [0.3, 0.4) is 0 Å². The van der Waals surface area contributed by atoms with Crippen molar-refractivity contribution >= 4 is 34.8 Å². The Bertz CT molecular complexity index is 1500. The summed E-state index contributed by atoms with van der Waals surface area (Å²) in [4.78, 5) is 58.3. The van der Waals surface area contributed by atoms with E-state index in [9.17, 15) is 39.6 Å². The van der Waals surface area contributed by atoms with Gasteiger partial charge in [0.05, 0.1) is 23.3 Å². The van der Waals surface area contributed by atoms with Crippen molar-refractivity contribution in [3.63, 3.8) is 0 Å². The maximum Gasteiger partial charge on any atom is 0.255 e. The number of aliphatic hydroxyl groups is 3. The van der Waals surface area contributed by atoms with Crippen LogP contribution in [-0.4, -0.2) is 113 Å². The number of fused-ring (bicyclic) bond motifs is 3. The van der Waals surface area contributed by atoms with E-state index >= 15 is 0 Å². The highest BCUT2D eigenvalue weighted by Gasteiger charge is 2.63. The summed E-state index contributed by atoms with van der Waals surface area (Å²) < 4.78 is 0. The summed E-state index contributed by atoms with van der Waals surface area (Å²) in [7, 11) is 8.53. The van der Waals surface area contributed by atoms with Crippen molar-refractivity contribution in [3.8, 4) is 5.75 Å². The number of hydrogen-bond donors (Lipinski definition) is 6. The summed E-state index contributed by atoms with van der Waals surface area (Å²) >= 11 is 0. The van der Waals surface area contributed by atoms with Crippen LogP contribution in [0.25, 0.3) is 0 Å². The lowest BCUT2D eigenvalue weighted by Crippen LogP contribution is -2.63. The van der Waals surface area contributed by atoms with Crippen LogP contribution in [0.2, 0.25) is 0 Å². The molecule has 0 aromatic heterocycles. The van der Waals surface area contributed by atoms with E-state index in [0.717, 1.165) is 19.4 Å². The number of benzene rings is 1. The minimum Gasteiger partial charge on any atom is -0.510 e. The van der Waals surface area contributed by atoms with Gasteiger partial charge in [-0.3, -0.25) is 29.0 Å². The fourth-order valence-electron chi connectivity index (χ4n) is 7.42. The zero-order valence-electron chi connectivity index (χ0n) is 25.0. The molecule has 5 rings (SSSR count). The monoisotopic (exact) mass is 597 g/mol. The number of likely N-dealkylation sites (N-methyl/N-ethyl adjacent to an activating group) is 2. The number of allylic oxidation sites excluding steroid dienone is 1. The van der Waals surface area contributed by atoms with Gasteiger partial charge in [0.1, 0.15) is 17.1 Å². The van der Waals surface area contributed by atoms with E-state index in [-0.39, 0.29) is 35.6 Å². The molecule has 1 heterocycles. The van der Waals surface area contributed by atoms with Gasteiger partial charge >= 0.3 is 0 Å². The Hall–Kier alpha value is -3.94. The molecule has 0 bridgehead atoms. The van der Waals surface area contributed by atoms with Crippen LogP contribution in [0.1, 0.15) is 41.6 Å². The van der Waals surface area contributed by atoms with Crippen molar-refractivity contribution in [1.29, 1.82) is 0 Å². The molecule has 5 atom stereocenters. The van der Waals surface area contributed by atoms with Crippen LogP contribution in [0.5, 0.6) is 5.75 Å². The SMILES string of the molecule is CN(C)c1cc(NC(=O)C2CCCCN2C)c(O)c2c1C[C@H]1C[C@H]3[C@H](N(C)C)C(O)=C(C(N)=O)C(=O)[C@@]3(O)C(O)=C1C2=O. The van der Waals surface area contributed by atoms with Crippen molar-refractivity contribution in [2.45, 2.75) is 49.8 Å². The molecule has 13 heteroatoms. The van der Waals surface area contributed by atoms with Crippen LogP contribution in [0, 0.1) is 11.8 Å². The summed E-state index contributed by atoms with van der Waals surface area (Å²) in [6, 6.07) is 0.132. The molecule has 13 nitrogen and oxygen atoms in total. The van der Waals surface area contributed by atoms with E-state index in [4.69, 9.17) is 5.73 Å². The molecule has 1 saturated heterocycles. The average molecular weight is 598 g/mol. The number of carbonyl (C=O) groups excluding carboxylic acids is 4. The number of aliphatic hydroxyl groups excluding tert-OH is 2. The van der Waals surface area contributed by atoms with Crippen LogP contribution in [0.4, 0.5) is 11.4 Å². The van der Waals surface area contributed by atoms with E-state index in [0.29, 0.717) is 17.7 Å². The summed E-state index contributed by atoms with van der Waals surface area (Å²) in [5.74, 6) is -7.55. The van der Waals surface area contributed by atoms with Crippen LogP contribution in [-0.2, 0) is 20.8 Å². The van der Waals surface area contributed by atoms with Crippen molar-refractivity contribution in [2.24, 2.45) is 17.6 Å². The lowest BCUT2D eigenvalue weighted by Gasteiger charge is -2.50. The number of Topliss-reactive ketones (excluding diaryl/α,β-unsaturated/α-hetero) is 2. The highest BCUT2D eigenvalue weighted by Crippen LogP contribution is 2.54. The first-order chi connectivity index (χ1) is 20.1. The van der Waals surface area contributed by atoms with E-state index in [1.807, 2.05) is 11.9 Å². The molecule has 0 radical (unpaired) electrons. The molecule has 1 aliphatic heterocycles. The fraction of sp³-hybridized carbons (Fsp3) is 0.533. The van der Waals surface area contributed by atoms with Crippen LogP contribution >= 0.6 is 0 Å². The first-order valence-corrected chi connectivity index (χ1v) is 14.3. The Morgan fingerprint density at radius 3 is 2.37 bits per heavy atom. The van der Waals surface area contributed by atoms with Gasteiger partial charge < -0.3 is 36.4 Å². The van der Waals surface area contributed by atoms with Gasteiger partial charge in [0.2, 0.25) is 11.7 Å². The topological polar surface area (TPSA) is 197 Å². The third kappa shape index (κ3) is 4.48. The zero-order chi connectivity index (χ0) is 31.7. The Kier molecular flexibility index (Phi) is 7.56. The van der Waals surface area contributed by atoms with E-state index < -0.39 is 69.8 Å². The molecule has 3 aliphatic carbocycles. The summed E-state index contributed by atoms with van der Waals surface area (Å²) in [6.07, 6.45) is 2.65. The number of amides is 2. The second kappa shape index (κ2) is 10.6. The number of primary amides is 1. The number of nitrogens with one attached hydrogen (secondary N) is 1. The van der Waals surface area contributed by atoms with Gasteiger partial charge in [0.25, 0.3) is 5.91 Å². The molecule has 7 N–H and O–H groups in total. The number of nitrogens with two attached hydrogens (primary N) is 1. The number of nitrogens with zero attached hydrogens (tertiary/aromatic N) is 3. The second-order valence-corrected chi connectivity index (χ2v) is 12.5. The molecule has 43 heavy (non-hydrogen) atoms. The molecule has 1 unspecified atom stereocenters. The first kappa shape index (κ1) is 30.5. The molecule has 2 amide bonds. The van der Waals surface area contributed by atoms with Gasteiger partial charge in [-0.15, -0.1) is 0 Å². The number of phenols is 1. The molecule has 0 saturated carbocycles. The number of piperidine rings is 1. The molecule has 0 spiro atoms. The predicted molar refractivity (Wildman–Crippen MR) is 157 cm³/mol. The van der Waals surface area contributed by atoms with Gasteiger partial charge in [-0.1, -0.05) is 6.42 Å². The number of rotatable bonds is 5. The summed E-state index contributed by atoms with van der Waals surface area (Å²) in [6.45, 7) is 0.756. The fourth-order valence-corrected chi connectivity index (χ4v) is 7.42. The van der Waals surface area contributed by atoms with Gasteiger partial charge in [-0.05, 0) is 70.9 Å². The number of ketones is 2. The van der Waals surface area contributed by atoms with Gasteiger partial charge in [0.15, 0.2) is 17.1 Å². The lowest BCUT2D eigenvalue weighted by atomic mass is 9.58. The van der Waals surface area contributed by atoms with Crippen LogP contribution in [0.15, 0.2) is 28.7 Å². The molecular formula is C30H39N5O8. The normalized spacial score (nSPS) is 29.3. The zero-order valence-corrected chi connectivity index (χ0v) is 25.0. The molecule has 4 aliphatic rings. The minimum atomic E-state index is -2.72. The van der Waals surface area contributed by atoms with Gasteiger partial charge in [-0.25, -0.2) is 0 Å². The number of anilines is 2. The number of phenolic OH excluding ortho intramolecular Hbond substituents is 1. The highest BCUT2D eigenvalue weighted by atomic mass is 16.3. The number of likely N-dealkylation sites (tertiary alicyclic amines) is 1. The quantitative estimate of drug-likeness (QED) is 0.205. The second-order valence-electron chi connectivity index (χ2n) is 12.5. The Labute approximate surface area is 249 Å². The van der Waals surface area contributed by atoms with E-state index in [1.165, 1.54) is 4.90 Å². The molecule has 232 valence electrons. The number of hydrogen-bond acceptors (Lipinski definition) is 11. The van der Waals surface area contributed by atoms with E-state index in [1.54, 1.807) is 39.2 Å². The molecule has 1 aromatic carbocycles. The molecule has 1 fully saturated rings. The average Bonchev–Trinajstić information content (AvgIpc) is 2.91. The Balaban J connectivity index is 1.64. The van der Waals surface area contributed by atoms with Crippen molar-refractivity contribution in [1.82, 2.24) is 9.80 Å². The smallest absolute Gasteiger partial charge is 0.255 e. The number of carbonyl (C=O) groups is 4.